The lowest BCUT2D eigenvalue weighted by Gasteiger charge is -2.40. The molecule has 4 aromatic carbocycles. The van der Waals surface area contributed by atoms with Gasteiger partial charge in [0.15, 0.2) is 28.8 Å². The number of ether oxygens (including phenoxy) is 2. The van der Waals surface area contributed by atoms with Crippen LogP contribution in [0.4, 0.5) is 28.2 Å². The molecule has 1 aliphatic carbocycles. The monoisotopic (exact) mass is 1070 g/mol. The van der Waals surface area contributed by atoms with Crippen molar-refractivity contribution in [3.8, 4) is 22.6 Å². The Hall–Kier alpha value is -6.32. The number of imide groups is 1. The SMILES string of the molecule is Cn1nc(N2CCC(=O)NC2=O)c2cc(F)c(C3CCN(CC4CCN(C(=O)C5CCC(NCC6(c7ccccc7)Oc7cc(F)c(Cl)c(-c8c(C(N)=O)ccc(OCCO)c8F)c7C6CO)CC5)CC4)CC3)c(F)c21. The van der Waals surface area contributed by atoms with Gasteiger partial charge in [0.25, 0.3) is 0 Å². The summed E-state index contributed by atoms with van der Waals surface area (Å²) in [5.74, 6) is -5.99. The number of aryl methyl sites for hydroxylation is 1. The maximum absolute atomic E-state index is 16.5. The summed E-state index contributed by atoms with van der Waals surface area (Å²) in [7, 11) is 1.55. The number of aromatic nitrogens is 2. The van der Waals surface area contributed by atoms with E-state index in [2.05, 4.69) is 20.6 Å². The molecule has 4 aliphatic heterocycles. The summed E-state index contributed by atoms with van der Waals surface area (Å²) in [6, 6.07) is 13.1. The quantitative estimate of drug-likeness (QED) is 0.0676. The van der Waals surface area contributed by atoms with Gasteiger partial charge in [-0.05, 0) is 100 Å². The van der Waals surface area contributed by atoms with Crippen LogP contribution in [0.2, 0.25) is 5.02 Å². The molecule has 5 aliphatic rings. The Morgan fingerprint density at radius 1 is 0.895 bits per heavy atom. The summed E-state index contributed by atoms with van der Waals surface area (Å²) in [5.41, 5.74) is 4.38. The number of benzene rings is 4. The number of carbonyl (C=O) groups excluding carboxylic acids is 4. The molecule has 10 rings (SSSR count). The average Bonchev–Trinajstić information content (AvgIpc) is 3.96. The van der Waals surface area contributed by atoms with E-state index < -0.39 is 76.4 Å². The summed E-state index contributed by atoms with van der Waals surface area (Å²) >= 11 is 6.69. The Morgan fingerprint density at radius 2 is 1.62 bits per heavy atom. The van der Waals surface area contributed by atoms with Gasteiger partial charge in [-0.3, -0.25) is 29.3 Å². The summed E-state index contributed by atoms with van der Waals surface area (Å²) in [5, 5.41) is 30.5. The minimum absolute atomic E-state index is 0.00579. The second-order valence-corrected chi connectivity index (χ2v) is 21.1. The molecule has 2 atom stereocenters. The number of amides is 5. The Labute approximate surface area is 441 Å². The molecule has 16 nitrogen and oxygen atoms in total. The van der Waals surface area contributed by atoms with Crippen LogP contribution in [0.1, 0.15) is 96.7 Å². The van der Waals surface area contributed by atoms with Crippen molar-refractivity contribution in [1.82, 2.24) is 30.2 Å². The molecule has 5 heterocycles. The molecule has 6 N–H and O–H groups in total. The zero-order chi connectivity index (χ0) is 53.6. The minimum atomic E-state index is -1.37. The minimum Gasteiger partial charge on any atom is -0.488 e. The van der Waals surface area contributed by atoms with Crippen LogP contribution in [0.3, 0.4) is 0 Å². The number of nitrogens with zero attached hydrogens (tertiary/aromatic N) is 5. The predicted molar refractivity (Wildman–Crippen MR) is 274 cm³/mol. The highest BCUT2D eigenvalue weighted by Crippen LogP contribution is 2.57. The Balaban J connectivity index is 0.748. The predicted octanol–water partition coefficient (Wildman–Crippen LogP) is 7.00. The number of aliphatic hydroxyl groups excluding tert-OH is 2. The van der Waals surface area contributed by atoms with Crippen molar-refractivity contribution >= 4 is 52.1 Å². The third kappa shape index (κ3) is 9.86. The van der Waals surface area contributed by atoms with Crippen LogP contribution >= 0.6 is 11.6 Å². The molecule has 2 unspecified atom stereocenters. The van der Waals surface area contributed by atoms with E-state index >= 15 is 17.6 Å². The van der Waals surface area contributed by atoms with E-state index in [1.54, 1.807) is 7.05 Å². The Kier molecular flexibility index (Phi) is 15.3. The van der Waals surface area contributed by atoms with Gasteiger partial charge < -0.3 is 40.5 Å². The molecule has 1 saturated carbocycles. The lowest BCUT2D eigenvalue weighted by molar-refractivity contribution is -0.138. The van der Waals surface area contributed by atoms with Crippen molar-refractivity contribution in [1.29, 1.82) is 0 Å². The van der Waals surface area contributed by atoms with E-state index in [0.29, 0.717) is 76.2 Å². The number of hydrogen-bond acceptors (Lipinski definition) is 11. The fourth-order valence-corrected chi connectivity index (χ4v) is 12.7. The van der Waals surface area contributed by atoms with Crippen LogP contribution in [-0.4, -0.2) is 125 Å². The van der Waals surface area contributed by atoms with Crippen LogP contribution in [0.5, 0.6) is 11.5 Å². The molecule has 1 aromatic heterocycles. The molecule has 76 heavy (non-hydrogen) atoms. The first-order valence-corrected chi connectivity index (χ1v) is 26.4. The molecule has 4 fully saturated rings. The first kappa shape index (κ1) is 53.1. The number of anilines is 1. The van der Waals surface area contributed by atoms with E-state index in [9.17, 15) is 29.4 Å². The van der Waals surface area contributed by atoms with Crippen molar-refractivity contribution in [3.05, 3.63) is 105 Å². The number of piperidine rings is 2. The van der Waals surface area contributed by atoms with Crippen LogP contribution in [0, 0.1) is 35.1 Å². The molecule has 0 spiro atoms. The molecular weight excluding hydrogens is 1010 g/mol. The molecule has 3 saturated heterocycles. The lowest BCUT2D eigenvalue weighted by Crippen LogP contribution is -2.50. The molecule has 5 amide bonds. The standard InChI is InChI=1S/C55H61ClF4N8O8/c1-65-50-36(52(64-65)68-22-17-42(71)63-54(68)74)25-38(57)43(49(50)60)31-15-18-66(19-16-31)27-30-13-20-67(21-14-30)53(73)32-7-9-34(10-8-32)62-29-55(33-5-3-2-4-6-33)37(28-70)45-41(76-55)26-39(58)47(56)46(45)44-35(51(61)72)11-12-40(48(44)59)75-24-23-69/h2-6,11-12,25-26,30-32,34,37,62,69-70H,7-10,13-24,27-29H2,1H3,(H2,61,72)(H,63,71,74). The van der Waals surface area contributed by atoms with Crippen molar-refractivity contribution < 1.29 is 56.4 Å². The van der Waals surface area contributed by atoms with Crippen molar-refractivity contribution in [3.63, 3.8) is 0 Å². The lowest BCUT2D eigenvalue weighted by atomic mass is 9.76. The number of hydrogen-bond donors (Lipinski definition) is 5. The molecule has 0 bridgehead atoms. The number of fused-ring (bicyclic) bond motifs is 2. The van der Waals surface area contributed by atoms with E-state index in [1.165, 1.54) is 27.8 Å². The van der Waals surface area contributed by atoms with E-state index in [4.69, 9.17) is 26.8 Å². The maximum Gasteiger partial charge on any atom is 0.329 e. The summed E-state index contributed by atoms with van der Waals surface area (Å²) in [6.07, 6.45) is 5.54. The zero-order valence-corrected chi connectivity index (χ0v) is 42.8. The highest BCUT2D eigenvalue weighted by atomic mass is 35.5. The van der Waals surface area contributed by atoms with Gasteiger partial charge in [0.05, 0.1) is 35.1 Å². The second-order valence-electron chi connectivity index (χ2n) is 20.7. The number of nitrogens with two attached hydrogens (primary N) is 1. The first-order chi connectivity index (χ1) is 36.6. The maximum atomic E-state index is 16.5. The number of halogens is 5. The number of likely N-dealkylation sites (tertiary alicyclic amines) is 2. The number of primary amides is 1. The molecular formula is C55H61ClF4N8O8. The van der Waals surface area contributed by atoms with Gasteiger partial charge in [-0.15, -0.1) is 0 Å². The van der Waals surface area contributed by atoms with E-state index in [0.717, 1.165) is 25.5 Å². The van der Waals surface area contributed by atoms with Gasteiger partial charge in [0, 0.05) is 86.5 Å². The normalized spacial score (nSPS) is 22.7. The Morgan fingerprint density at radius 3 is 2.29 bits per heavy atom. The van der Waals surface area contributed by atoms with Gasteiger partial charge in [-0.25, -0.2) is 22.4 Å². The smallest absolute Gasteiger partial charge is 0.329 e. The summed E-state index contributed by atoms with van der Waals surface area (Å²) in [6.45, 7) is 2.41. The van der Waals surface area contributed by atoms with Gasteiger partial charge in [0.2, 0.25) is 17.7 Å². The number of aliphatic hydroxyl groups is 2. The zero-order valence-electron chi connectivity index (χ0n) is 42.1. The van der Waals surface area contributed by atoms with Crippen molar-refractivity contribution in [2.75, 3.05) is 70.5 Å². The molecule has 21 heteroatoms. The second kappa shape index (κ2) is 22.0. The van der Waals surface area contributed by atoms with Crippen LogP contribution in [0.25, 0.3) is 22.0 Å². The number of rotatable bonds is 15. The highest BCUT2D eigenvalue weighted by molar-refractivity contribution is 6.34. The fraction of sp³-hybridized carbons (Fsp3) is 0.473. The van der Waals surface area contributed by atoms with Gasteiger partial charge in [-0.1, -0.05) is 41.9 Å². The van der Waals surface area contributed by atoms with Gasteiger partial charge in [-0.2, -0.15) is 5.10 Å². The van der Waals surface area contributed by atoms with E-state index in [1.807, 2.05) is 35.2 Å². The van der Waals surface area contributed by atoms with Crippen LogP contribution < -0.4 is 30.7 Å². The number of nitrogens with one attached hydrogen (secondary N) is 2. The van der Waals surface area contributed by atoms with Gasteiger partial charge in [0.1, 0.15) is 29.5 Å². The van der Waals surface area contributed by atoms with Crippen LogP contribution in [-0.2, 0) is 22.2 Å². The summed E-state index contributed by atoms with van der Waals surface area (Å²) in [4.78, 5) is 56.6. The third-order valence-corrected chi connectivity index (χ3v) is 16.7. The first-order valence-electron chi connectivity index (χ1n) is 26.1. The molecule has 404 valence electrons. The van der Waals surface area contributed by atoms with Crippen LogP contribution in [0.15, 0.2) is 54.6 Å². The molecule has 5 aromatic rings. The average molecular weight is 1070 g/mol. The number of urea groups is 1. The van der Waals surface area contributed by atoms with Crippen molar-refractivity contribution in [2.45, 2.75) is 81.3 Å². The largest absolute Gasteiger partial charge is 0.488 e. The van der Waals surface area contributed by atoms with E-state index in [-0.39, 0.29) is 100 Å². The topological polar surface area (TPSA) is 205 Å². The highest BCUT2D eigenvalue weighted by Gasteiger charge is 2.52. The van der Waals surface area contributed by atoms with Crippen molar-refractivity contribution in [2.24, 2.45) is 24.6 Å². The number of carbonyl (C=O) groups is 4. The molecule has 0 radical (unpaired) electrons. The Bertz CT molecular complexity index is 3050. The third-order valence-electron chi connectivity index (χ3n) is 16.4. The fourth-order valence-electron chi connectivity index (χ4n) is 12.4. The van der Waals surface area contributed by atoms with Gasteiger partial charge >= 0.3 is 6.03 Å². The summed E-state index contributed by atoms with van der Waals surface area (Å²) < 4.78 is 78.0.